The van der Waals surface area contributed by atoms with Crippen LogP contribution in [-0.4, -0.2) is 73.8 Å². The molecule has 1 N–H and O–H groups in total. The summed E-state index contributed by atoms with van der Waals surface area (Å²) >= 11 is 1.27. The van der Waals surface area contributed by atoms with Gasteiger partial charge in [0.25, 0.3) is 11.8 Å². The van der Waals surface area contributed by atoms with E-state index in [9.17, 15) is 14.4 Å². The van der Waals surface area contributed by atoms with Crippen LogP contribution in [0.4, 0.5) is 10.5 Å². The molecule has 3 amide bonds. The predicted molar refractivity (Wildman–Crippen MR) is 157 cm³/mol. The van der Waals surface area contributed by atoms with E-state index in [2.05, 4.69) is 19.7 Å². The fourth-order valence-corrected chi connectivity index (χ4v) is 5.48. The Balaban J connectivity index is 1.24. The van der Waals surface area contributed by atoms with Gasteiger partial charge in [0.15, 0.2) is 0 Å². The van der Waals surface area contributed by atoms with Crippen molar-refractivity contribution in [1.82, 2.24) is 24.1 Å². The van der Waals surface area contributed by atoms with Crippen LogP contribution in [0, 0.1) is 6.92 Å². The molecule has 0 unspecified atom stereocenters. The summed E-state index contributed by atoms with van der Waals surface area (Å²) in [4.78, 5) is 52.2. The van der Waals surface area contributed by atoms with E-state index < -0.39 is 5.60 Å². The molecule has 0 aliphatic carbocycles. The highest BCUT2D eigenvalue weighted by Gasteiger charge is 2.28. The van der Waals surface area contributed by atoms with Gasteiger partial charge in [-0.25, -0.2) is 9.78 Å². The van der Waals surface area contributed by atoms with Crippen LogP contribution in [0.15, 0.2) is 54.7 Å². The van der Waals surface area contributed by atoms with Crippen molar-refractivity contribution >= 4 is 46.2 Å². The van der Waals surface area contributed by atoms with E-state index in [4.69, 9.17) is 4.74 Å². The number of carbonyl (C=O) groups excluding carboxylic acids is 3. The molecule has 0 saturated carbocycles. The molecule has 2 aromatic heterocycles. The van der Waals surface area contributed by atoms with Gasteiger partial charge >= 0.3 is 6.09 Å². The van der Waals surface area contributed by atoms with Gasteiger partial charge in [0.05, 0.1) is 28.0 Å². The number of carbonyl (C=O) groups is 3. The van der Waals surface area contributed by atoms with E-state index in [1.165, 1.54) is 11.5 Å². The number of nitrogens with one attached hydrogen (secondary N) is 1. The lowest BCUT2D eigenvalue weighted by atomic mass is 10.1. The van der Waals surface area contributed by atoms with Crippen molar-refractivity contribution in [3.8, 4) is 0 Å². The van der Waals surface area contributed by atoms with Crippen LogP contribution in [0.1, 0.15) is 57.8 Å². The molecule has 1 fully saturated rings. The van der Waals surface area contributed by atoms with E-state index in [0.717, 1.165) is 21.6 Å². The summed E-state index contributed by atoms with van der Waals surface area (Å²) in [6.07, 6.45) is 1.78. The Kier molecular flexibility index (Phi) is 7.98. The van der Waals surface area contributed by atoms with Crippen molar-refractivity contribution in [2.45, 2.75) is 39.7 Å². The smallest absolute Gasteiger partial charge is 0.410 e. The fraction of sp³-hybridized carbons (Fsp3) is 0.333. The molecule has 0 radical (unpaired) electrons. The number of benzene rings is 2. The number of ether oxygens (including phenoxy) is 1. The summed E-state index contributed by atoms with van der Waals surface area (Å²) in [7, 11) is 0. The molecule has 41 heavy (non-hydrogen) atoms. The zero-order valence-electron chi connectivity index (χ0n) is 23.5. The Morgan fingerprint density at radius 3 is 2.41 bits per heavy atom. The number of fused-ring (bicyclic) bond motifs is 1. The molecule has 1 aliphatic heterocycles. The standard InChI is InChI=1S/C30H32N6O4S/c1-19-26(25(41-34-19)17-22-18-31-23-10-5-6-11-24(23)32-22)27(37)33-21-9-7-8-20(16-21)28(38)35-12-14-36(15-13-35)29(39)40-30(2,3)4/h5-11,16,18H,12-15,17H2,1-4H3,(H,33,37). The van der Waals surface area contributed by atoms with Crippen molar-refractivity contribution in [2.24, 2.45) is 0 Å². The minimum atomic E-state index is -0.572. The fourth-order valence-electron chi connectivity index (χ4n) is 4.60. The predicted octanol–water partition coefficient (Wildman–Crippen LogP) is 4.93. The Labute approximate surface area is 242 Å². The molecule has 0 bridgehead atoms. The molecular weight excluding hydrogens is 540 g/mol. The lowest BCUT2D eigenvalue weighted by Gasteiger charge is -2.35. The van der Waals surface area contributed by atoms with Crippen molar-refractivity contribution in [1.29, 1.82) is 0 Å². The number of hydrogen-bond acceptors (Lipinski definition) is 8. The molecule has 5 rings (SSSR count). The molecule has 11 heteroatoms. The third kappa shape index (κ3) is 6.68. The molecule has 10 nitrogen and oxygen atoms in total. The van der Waals surface area contributed by atoms with E-state index in [-0.39, 0.29) is 17.9 Å². The first-order valence-electron chi connectivity index (χ1n) is 13.4. The van der Waals surface area contributed by atoms with Crippen LogP contribution in [-0.2, 0) is 11.2 Å². The number of rotatable bonds is 5. The number of amides is 3. The molecule has 2 aromatic carbocycles. The third-order valence-corrected chi connectivity index (χ3v) is 7.52. The zero-order valence-corrected chi connectivity index (χ0v) is 24.3. The number of nitrogens with zero attached hydrogens (tertiary/aromatic N) is 5. The summed E-state index contributed by atoms with van der Waals surface area (Å²) in [5.74, 6) is -0.454. The quantitative estimate of drug-likeness (QED) is 0.360. The molecule has 3 heterocycles. The van der Waals surface area contributed by atoms with Crippen molar-refractivity contribution in [3.63, 3.8) is 0 Å². The summed E-state index contributed by atoms with van der Waals surface area (Å²) < 4.78 is 9.86. The minimum Gasteiger partial charge on any atom is -0.444 e. The SMILES string of the molecule is Cc1nsc(Cc2cnc3ccccc3n2)c1C(=O)Nc1cccc(C(=O)N2CCN(C(=O)OC(C)(C)C)CC2)c1. The number of para-hydroxylation sites is 2. The van der Waals surface area contributed by atoms with Gasteiger partial charge in [-0.3, -0.25) is 14.6 Å². The molecule has 0 atom stereocenters. The first-order chi connectivity index (χ1) is 19.6. The summed E-state index contributed by atoms with van der Waals surface area (Å²) in [5.41, 5.74) is 3.89. The van der Waals surface area contributed by atoms with Gasteiger partial charge in [0.1, 0.15) is 5.60 Å². The summed E-state index contributed by atoms with van der Waals surface area (Å²) in [6.45, 7) is 8.87. The molecular formula is C30H32N6O4S. The molecule has 212 valence electrons. The van der Waals surface area contributed by atoms with Gasteiger partial charge in [0, 0.05) is 54.9 Å². The van der Waals surface area contributed by atoms with E-state index in [1.54, 1.807) is 47.2 Å². The Bertz CT molecular complexity index is 1600. The Morgan fingerprint density at radius 2 is 1.68 bits per heavy atom. The van der Waals surface area contributed by atoms with Crippen LogP contribution in [0.2, 0.25) is 0 Å². The molecule has 1 saturated heterocycles. The van der Waals surface area contributed by atoms with Crippen LogP contribution < -0.4 is 5.32 Å². The highest BCUT2D eigenvalue weighted by molar-refractivity contribution is 7.06. The van der Waals surface area contributed by atoms with Crippen LogP contribution in [0.25, 0.3) is 11.0 Å². The second-order valence-corrected chi connectivity index (χ2v) is 11.7. The van der Waals surface area contributed by atoms with Crippen LogP contribution >= 0.6 is 11.5 Å². The molecule has 0 spiro atoms. The maximum Gasteiger partial charge on any atom is 0.410 e. The van der Waals surface area contributed by atoms with E-state index >= 15 is 0 Å². The number of aryl methyl sites for hydroxylation is 1. The second-order valence-electron chi connectivity index (χ2n) is 10.9. The number of piperazine rings is 1. The maximum absolute atomic E-state index is 13.4. The van der Waals surface area contributed by atoms with Crippen LogP contribution in [0.5, 0.6) is 0 Å². The van der Waals surface area contributed by atoms with Gasteiger partial charge in [-0.2, -0.15) is 4.37 Å². The lowest BCUT2D eigenvalue weighted by molar-refractivity contribution is 0.0141. The van der Waals surface area contributed by atoms with Crippen molar-refractivity contribution in [3.05, 3.63) is 82.1 Å². The minimum absolute atomic E-state index is 0.158. The van der Waals surface area contributed by atoms with Crippen molar-refractivity contribution < 1.29 is 19.1 Å². The van der Waals surface area contributed by atoms with Gasteiger partial charge < -0.3 is 19.9 Å². The normalized spacial score (nSPS) is 13.8. The summed E-state index contributed by atoms with van der Waals surface area (Å²) in [5, 5.41) is 2.93. The topological polar surface area (TPSA) is 118 Å². The van der Waals surface area contributed by atoms with Crippen molar-refractivity contribution in [2.75, 3.05) is 31.5 Å². The first kappa shape index (κ1) is 28.2. The largest absolute Gasteiger partial charge is 0.444 e. The lowest BCUT2D eigenvalue weighted by Crippen LogP contribution is -2.51. The molecule has 1 aliphatic rings. The number of aromatic nitrogens is 3. The zero-order chi connectivity index (χ0) is 29.1. The highest BCUT2D eigenvalue weighted by atomic mass is 32.1. The van der Waals surface area contributed by atoms with Crippen LogP contribution in [0.3, 0.4) is 0 Å². The second kappa shape index (κ2) is 11.6. The average molecular weight is 573 g/mol. The van der Waals surface area contributed by atoms with Gasteiger partial charge in [0.2, 0.25) is 0 Å². The van der Waals surface area contributed by atoms with E-state index in [1.807, 2.05) is 45.0 Å². The highest BCUT2D eigenvalue weighted by Crippen LogP contribution is 2.24. The number of anilines is 1. The first-order valence-corrected chi connectivity index (χ1v) is 14.2. The Hall–Kier alpha value is -4.38. The van der Waals surface area contributed by atoms with Gasteiger partial charge in [-0.05, 0) is 69.6 Å². The maximum atomic E-state index is 13.4. The average Bonchev–Trinajstić information content (AvgIpc) is 3.31. The summed E-state index contributed by atoms with van der Waals surface area (Å²) in [6, 6.07) is 14.5. The van der Waals surface area contributed by atoms with Gasteiger partial charge in [-0.1, -0.05) is 18.2 Å². The van der Waals surface area contributed by atoms with E-state index in [0.29, 0.717) is 55.1 Å². The molecule has 4 aromatic rings. The van der Waals surface area contributed by atoms with Gasteiger partial charge in [-0.15, -0.1) is 0 Å². The number of hydrogen-bond donors (Lipinski definition) is 1. The Morgan fingerprint density at radius 1 is 0.976 bits per heavy atom. The monoisotopic (exact) mass is 572 g/mol. The third-order valence-electron chi connectivity index (χ3n) is 6.59.